The van der Waals surface area contributed by atoms with Gasteiger partial charge in [0.1, 0.15) is 5.82 Å². The Kier molecular flexibility index (Phi) is 9.74. The van der Waals surface area contributed by atoms with Gasteiger partial charge in [-0.3, -0.25) is 4.99 Å². The molecule has 0 bridgehead atoms. The molecule has 0 spiro atoms. The zero-order valence-electron chi connectivity index (χ0n) is 19.0. The van der Waals surface area contributed by atoms with Gasteiger partial charge < -0.3 is 20.3 Å². The molecule has 0 atom stereocenters. The van der Waals surface area contributed by atoms with Crippen LogP contribution in [0.5, 0.6) is 0 Å². The Morgan fingerprint density at radius 1 is 1.10 bits per heavy atom. The van der Waals surface area contributed by atoms with E-state index in [1.807, 2.05) is 7.05 Å². The van der Waals surface area contributed by atoms with Crippen molar-refractivity contribution in [1.29, 1.82) is 0 Å². The third-order valence-electron chi connectivity index (χ3n) is 6.28. The lowest BCUT2D eigenvalue weighted by molar-refractivity contribution is 0.0264. The van der Waals surface area contributed by atoms with Crippen molar-refractivity contribution in [2.45, 2.75) is 83.3 Å². The maximum atomic E-state index is 6.01. The fourth-order valence-corrected chi connectivity index (χ4v) is 4.44. The highest BCUT2D eigenvalue weighted by molar-refractivity contribution is 5.79. The molecule has 6 nitrogen and oxygen atoms in total. The molecule has 1 aliphatic heterocycles. The monoisotopic (exact) mass is 415 g/mol. The average Bonchev–Trinajstić information content (AvgIpc) is 2.79. The summed E-state index contributed by atoms with van der Waals surface area (Å²) in [6.45, 7) is 6.01. The second-order valence-corrected chi connectivity index (χ2v) is 8.73. The van der Waals surface area contributed by atoms with E-state index in [0.717, 1.165) is 69.4 Å². The van der Waals surface area contributed by atoms with E-state index in [0.29, 0.717) is 12.1 Å². The largest absolute Gasteiger partial charge is 0.378 e. The van der Waals surface area contributed by atoms with E-state index in [1.165, 1.54) is 38.5 Å². The number of hydrogen-bond donors (Lipinski definition) is 2. The number of nitrogens with one attached hydrogen (secondary N) is 2. The molecule has 1 aromatic rings. The van der Waals surface area contributed by atoms with Crippen LogP contribution in [0.1, 0.15) is 69.9 Å². The molecule has 1 saturated carbocycles. The molecule has 2 N–H and O–H groups in total. The van der Waals surface area contributed by atoms with Gasteiger partial charge in [-0.05, 0) is 64.0 Å². The lowest BCUT2D eigenvalue weighted by atomic mass is 9.98. The number of piperidine rings is 1. The normalized spacial score (nSPS) is 19.1. The summed E-state index contributed by atoms with van der Waals surface area (Å²) in [5.74, 6) is 2.03. The first-order valence-electron chi connectivity index (χ1n) is 12.0. The Bertz CT molecular complexity index is 636. The van der Waals surface area contributed by atoms with Crippen LogP contribution in [-0.4, -0.2) is 56.4 Å². The number of hydrogen-bond acceptors (Lipinski definition) is 4. The minimum absolute atomic E-state index is 0.473. The molecular weight excluding hydrogens is 374 g/mol. The number of aromatic nitrogens is 1. The number of nitrogens with zero attached hydrogens (tertiary/aromatic N) is 3. The third-order valence-corrected chi connectivity index (χ3v) is 6.28. The van der Waals surface area contributed by atoms with E-state index in [-0.39, 0.29) is 0 Å². The molecule has 1 saturated heterocycles. The van der Waals surface area contributed by atoms with Crippen molar-refractivity contribution in [3.63, 3.8) is 0 Å². The van der Waals surface area contributed by atoms with Crippen molar-refractivity contribution in [2.24, 2.45) is 4.99 Å². The SMILES string of the molecule is CN=C(NCCCCCOC1CCCCC1)NC1CCN(c2cccc(C)n2)CC1. The fraction of sp³-hybridized carbons (Fsp3) is 0.750. The van der Waals surface area contributed by atoms with E-state index in [2.05, 4.69) is 50.6 Å². The third kappa shape index (κ3) is 7.78. The van der Waals surface area contributed by atoms with Gasteiger partial charge in [0.05, 0.1) is 6.10 Å². The van der Waals surface area contributed by atoms with E-state index in [4.69, 9.17) is 4.74 Å². The highest BCUT2D eigenvalue weighted by Gasteiger charge is 2.21. The van der Waals surface area contributed by atoms with Gasteiger partial charge in [-0.15, -0.1) is 0 Å². The molecule has 1 aliphatic carbocycles. The smallest absolute Gasteiger partial charge is 0.191 e. The number of aryl methyl sites for hydroxylation is 1. The zero-order valence-corrected chi connectivity index (χ0v) is 19.0. The Morgan fingerprint density at radius 2 is 1.90 bits per heavy atom. The Labute approximate surface area is 182 Å². The number of pyridine rings is 1. The quantitative estimate of drug-likeness (QED) is 0.362. The summed E-state index contributed by atoms with van der Waals surface area (Å²) in [4.78, 5) is 11.5. The molecule has 6 heteroatoms. The van der Waals surface area contributed by atoms with Crippen molar-refractivity contribution in [3.8, 4) is 0 Å². The molecule has 30 heavy (non-hydrogen) atoms. The molecule has 0 amide bonds. The van der Waals surface area contributed by atoms with Crippen LogP contribution in [0.3, 0.4) is 0 Å². The van der Waals surface area contributed by atoms with Crippen molar-refractivity contribution >= 4 is 11.8 Å². The molecule has 1 aromatic heterocycles. The van der Waals surface area contributed by atoms with Crippen LogP contribution in [0, 0.1) is 6.92 Å². The summed E-state index contributed by atoms with van der Waals surface area (Å²) >= 11 is 0. The van der Waals surface area contributed by atoms with Gasteiger partial charge in [-0.25, -0.2) is 4.98 Å². The molecule has 0 aromatic carbocycles. The number of unbranched alkanes of at least 4 members (excludes halogenated alkanes) is 2. The van der Waals surface area contributed by atoms with Gasteiger partial charge in [0.2, 0.25) is 0 Å². The number of ether oxygens (including phenoxy) is 1. The average molecular weight is 416 g/mol. The zero-order chi connectivity index (χ0) is 21.0. The lowest BCUT2D eigenvalue weighted by Gasteiger charge is -2.34. The molecular formula is C24H41N5O. The second kappa shape index (κ2) is 12.8. The maximum Gasteiger partial charge on any atom is 0.191 e. The van der Waals surface area contributed by atoms with Crippen LogP contribution in [0.4, 0.5) is 5.82 Å². The fourth-order valence-electron chi connectivity index (χ4n) is 4.44. The van der Waals surface area contributed by atoms with Gasteiger partial charge in [0.25, 0.3) is 0 Å². The highest BCUT2D eigenvalue weighted by atomic mass is 16.5. The number of anilines is 1. The summed E-state index contributed by atoms with van der Waals surface area (Å²) < 4.78 is 6.01. The first-order valence-corrected chi connectivity index (χ1v) is 12.0. The van der Waals surface area contributed by atoms with Gasteiger partial charge in [0.15, 0.2) is 5.96 Å². The summed E-state index contributed by atoms with van der Waals surface area (Å²) in [6.07, 6.45) is 12.9. The van der Waals surface area contributed by atoms with Crippen LogP contribution >= 0.6 is 0 Å². The van der Waals surface area contributed by atoms with Crippen LogP contribution in [0.15, 0.2) is 23.2 Å². The topological polar surface area (TPSA) is 61.8 Å². The predicted octanol–water partition coefficient (Wildman–Crippen LogP) is 4.04. The molecule has 0 radical (unpaired) electrons. The van der Waals surface area contributed by atoms with Crippen LogP contribution in [0.2, 0.25) is 0 Å². The molecule has 2 fully saturated rings. The van der Waals surface area contributed by atoms with Crippen LogP contribution in [0.25, 0.3) is 0 Å². The van der Waals surface area contributed by atoms with Gasteiger partial charge in [-0.1, -0.05) is 25.3 Å². The van der Waals surface area contributed by atoms with Gasteiger partial charge in [-0.2, -0.15) is 0 Å². The van der Waals surface area contributed by atoms with Crippen LogP contribution < -0.4 is 15.5 Å². The van der Waals surface area contributed by atoms with Gasteiger partial charge >= 0.3 is 0 Å². The minimum Gasteiger partial charge on any atom is -0.378 e. The summed E-state index contributed by atoms with van der Waals surface area (Å²) in [5, 5.41) is 7.08. The molecule has 168 valence electrons. The number of rotatable bonds is 9. The van der Waals surface area contributed by atoms with Crippen molar-refractivity contribution < 1.29 is 4.74 Å². The number of guanidine groups is 1. The molecule has 2 aliphatic rings. The van der Waals surface area contributed by atoms with Crippen LogP contribution in [-0.2, 0) is 4.74 Å². The predicted molar refractivity (Wildman–Crippen MR) is 125 cm³/mol. The van der Waals surface area contributed by atoms with E-state index >= 15 is 0 Å². The van der Waals surface area contributed by atoms with Crippen molar-refractivity contribution in [3.05, 3.63) is 23.9 Å². The summed E-state index contributed by atoms with van der Waals surface area (Å²) in [5.41, 5.74) is 1.08. The Balaban J connectivity index is 1.24. The molecule has 3 rings (SSSR count). The highest BCUT2D eigenvalue weighted by Crippen LogP contribution is 2.20. The minimum atomic E-state index is 0.473. The first-order chi connectivity index (χ1) is 14.7. The maximum absolute atomic E-state index is 6.01. The molecule has 2 heterocycles. The van der Waals surface area contributed by atoms with Crippen molar-refractivity contribution in [1.82, 2.24) is 15.6 Å². The summed E-state index contributed by atoms with van der Waals surface area (Å²) in [7, 11) is 1.86. The lowest BCUT2D eigenvalue weighted by Crippen LogP contribution is -2.49. The Morgan fingerprint density at radius 3 is 2.63 bits per heavy atom. The van der Waals surface area contributed by atoms with E-state index in [1.54, 1.807) is 0 Å². The van der Waals surface area contributed by atoms with Gasteiger partial charge in [0, 0.05) is 45.0 Å². The number of aliphatic imine (C=N–C) groups is 1. The molecule has 0 unspecified atom stereocenters. The Hall–Kier alpha value is -1.82. The van der Waals surface area contributed by atoms with E-state index < -0.39 is 0 Å². The summed E-state index contributed by atoms with van der Waals surface area (Å²) in [6, 6.07) is 6.73. The standard InChI is InChI=1S/C24H41N5O/c1-20-10-9-13-23(27-20)29-17-14-21(15-18-29)28-24(25-2)26-16-7-4-8-19-30-22-11-5-3-6-12-22/h9-10,13,21-22H,3-8,11-12,14-19H2,1-2H3,(H2,25,26,28). The van der Waals surface area contributed by atoms with Crippen molar-refractivity contribution in [2.75, 3.05) is 38.2 Å². The first kappa shape index (κ1) is 22.9. The van der Waals surface area contributed by atoms with E-state index in [9.17, 15) is 0 Å². The second-order valence-electron chi connectivity index (χ2n) is 8.73.